The van der Waals surface area contributed by atoms with Crippen molar-refractivity contribution in [3.63, 3.8) is 0 Å². The zero-order valence-corrected chi connectivity index (χ0v) is 23.4. The molecule has 210 valence electrons. The molecule has 9 heteroatoms. The topological polar surface area (TPSA) is 105 Å². The van der Waals surface area contributed by atoms with E-state index in [1.165, 1.54) is 0 Å². The number of carbonyl (C=O) groups is 1. The molecule has 0 radical (unpaired) electrons. The number of benzene rings is 2. The van der Waals surface area contributed by atoms with Crippen LogP contribution >= 0.6 is 0 Å². The molecule has 41 heavy (non-hydrogen) atoms. The Labute approximate surface area is 239 Å². The largest absolute Gasteiger partial charge is 0.496 e. The smallest absolute Gasteiger partial charge is 0.260 e. The number of aromatic nitrogens is 4. The number of fused-ring (bicyclic) bond motifs is 1. The zero-order chi connectivity index (χ0) is 28.1. The van der Waals surface area contributed by atoms with Gasteiger partial charge in [0, 0.05) is 48.4 Å². The molecule has 1 amide bonds. The van der Waals surface area contributed by atoms with Gasteiger partial charge in [0.25, 0.3) is 5.91 Å². The predicted octanol–water partition coefficient (Wildman–Crippen LogP) is 4.60. The van der Waals surface area contributed by atoms with Crippen LogP contribution in [0.2, 0.25) is 0 Å². The maximum absolute atomic E-state index is 13.8. The molecule has 2 aromatic heterocycles. The fourth-order valence-electron chi connectivity index (χ4n) is 5.96. The predicted molar refractivity (Wildman–Crippen MR) is 156 cm³/mol. The second-order valence-electron chi connectivity index (χ2n) is 11.6. The van der Waals surface area contributed by atoms with Gasteiger partial charge in [0.2, 0.25) is 0 Å². The first-order valence-electron chi connectivity index (χ1n) is 14.3. The van der Waals surface area contributed by atoms with Gasteiger partial charge < -0.3 is 19.7 Å². The molecule has 2 N–H and O–H groups in total. The Morgan fingerprint density at radius 2 is 1.90 bits per heavy atom. The summed E-state index contributed by atoms with van der Waals surface area (Å²) in [6.07, 6.45) is 6.64. The van der Waals surface area contributed by atoms with Crippen LogP contribution in [0.4, 0.5) is 5.82 Å². The fraction of sp³-hybridized carbons (Fsp3) is 0.375. The Bertz CT molecular complexity index is 1640. The molecule has 7 rings (SSSR count). The normalized spacial score (nSPS) is 17.4. The molecule has 2 saturated carbocycles. The number of amides is 1. The number of carbonyl (C=O) groups excluding carboxylic acids is 1. The highest BCUT2D eigenvalue weighted by Gasteiger charge is 2.35. The van der Waals surface area contributed by atoms with Crippen molar-refractivity contribution in [3.05, 3.63) is 77.2 Å². The number of pyridine rings is 1. The first-order valence-corrected chi connectivity index (χ1v) is 14.3. The summed E-state index contributed by atoms with van der Waals surface area (Å²) < 4.78 is 7.62. The van der Waals surface area contributed by atoms with Crippen LogP contribution in [0.3, 0.4) is 0 Å². The minimum Gasteiger partial charge on any atom is -0.496 e. The molecule has 0 saturated heterocycles. The van der Waals surface area contributed by atoms with Crippen molar-refractivity contribution >= 4 is 11.7 Å². The lowest BCUT2D eigenvalue weighted by molar-refractivity contribution is -0.0315. The number of nitrogens with one attached hydrogen (secondary N) is 1. The molecular weight excluding hydrogens is 516 g/mol. The number of hydrogen-bond donors (Lipinski definition) is 2. The molecule has 0 atom stereocenters. The van der Waals surface area contributed by atoms with E-state index in [1.807, 2.05) is 41.9 Å². The highest BCUT2D eigenvalue weighted by Crippen LogP contribution is 2.43. The third kappa shape index (κ3) is 4.79. The number of anilines is 1. The van der Waals surface area contributed by atoms with Crippen molar-refractivity contribution in [1.29, 1.82) is 0 Å². The van der Waals surface area contributed by atoms with Crippen LogP contribution in [0.5, 0.6) is 5.75 Å². The molecule has 2 fully saturated rings. The van der Waals surface area contributed by atoms with Gasteiger partial charge in [-0.05, 0) is 73.1 Å². The van der Waals surface area contributed by atoms with Gasteiger partial charge >= 0.3 is 0 Å². The second kappa shape index (κ2) is 10.1. The lowest BCUT2D eigenvalue weighted by Gasteiger charge is -2.36. The molecular formula is C32H34N6O3. The van der Waals surface area contributed by atoms with E-state index in [4.69, 9.17) is 9.72 Å². The van der Waals surface area contributed by atoms with E-state index in [1.54, 1.807) is 18.3 Å². The molecule has 1 aliphatic heterocycles. The summed E-state index contributed by atoms with van der Waals surface area (Å²) in [5, 5.41) is 22.3. The van der Waals surface area contributed by atoms with Crippen LogP contribution in [0, 0.1) is 0 Å². The number of methoxy groups -OCH3 is 1. The van der Waals surface area contributed by atoms with Gasteiger partial charge in [-0.3, -0.25) is 9.69 Å². The number of aryl methyl sites for hydroxylation is 1. The Hall–Kier alpha value is -4.08. The lowest BCUT2D eigenvalue weighted by atomic mass is 9.80. The SMILES string of the molecule is COc1cc2c(cc1CNCC1(O)CCC1)C(=O)N(c1cc(-c3ccccc3-c3nncn3C)cc(C3CC3)n1)C2. The Balaban J connectivity index is 1.22. The highest BCUT2D eigenvalue weighted by atomic mass is 16.5. The van der Waals surface area contributed by atoms with Crippen molar-refractivity contribution in [3.8, 4) is 28.3 Å². The summed E-state index contributed by atoms with van der Waals surface area (Å²) >= 11 is 0. The first kappa shape index (κ1) is 25.9. The fourth-order valence-corrected chi connectivity index (χ4v) is 5.96. The average molecular weight is 551 g/mol. The van der Waals surface area contributed by atoms with Crippen LogP contribution in [-0.4, -0.2) is 50.0 Å². The van der Waals surface area contributed by atoms with Crippen LogP contribution < -0.4 is 15.0 Å². The van der Waals surface area contributed by atoms with Gasteiger partial charge in [-0.2, -0.15) is 0 Å². The van der Waals surface area contributed by atoms with Gasteiger partial charge in [0.15, 0.2) is 5.82 Å². The molecule has 3 aliphatic rings. The minimum atomic E-state index is -0.613. The number of ether oxygens (including phenoxy) is 1. The number of hydrogen-bond acceptors (Lipinski definition) is 7. The van der Waals surface area contributed by atoms with Crippen LogP contribution in [0.25, 0.3) is 22.5 Å². The van der Waals surface area contributed by atoms with E-state index in [9.17, 15) is 9.90 Å². The standard InChI is InChI=1S/C32H34N6O3/c1-37-19-34-36-30(37)25-7-4-3-6-24(25)21-13-27(20-8-9-20)35-29(15-21)38-17-23-14-28(41-2)22(12-26(23)31(38)39)16-33-18-32(40)10-5-11-32/h3-4,6-7,12-15,19-20,33,40H,5,8-11,16-18H2,1-2H3. The maximum atomic E-state index is 13.8. The number of aliphatic hydroxyl groups is 1. The average Bonchev–Trinajstić information content (AvgIpc) is 3.67. The number of nitrogens with zero attached hydrogens (tertiary/aromatic N) is 5. The summed E-state index contributed by atoms with van der Waals surface area (Å²) in [6.45, 7) is 1.48. The molecule has 4 aromatic rings. The van der Waals surface area contributed by atoms with E-state index in [-0.39, 0.29) is 5.91 Å². The lowest BCUT2D eigenvalue weighted by Crippen LogP contribution is -2.46. The van der Waals surface area contributed by atoms with E-state index in [0.717, 1.165) is 77.2 Å². The summed E-state index contributed by atoms with van der Waals surface area (Å²) in [5.74, 6) is 2.54. The summed E-state index contributed by atoms with van der Waals surface area (Å²) in [6, 6.07) is 16.2. The Morgan fingerprint density at radius 3 is 2.59 bits per heavy atom. The van der Waals surface area contributed by atoms with Crippen molar-refractivity contribution in [2.75, 3.05) is 18.6 Å². The van der Waals surface area contributed by atoms with Crippen molar-refractivity contribution in [2.45, 2.75) is 56.7 Å². The third-order valence-corrected chi connectivity index (χ3v) is 8.66. The summed E-state index contributed by atoms with van der Waals surface area (Å²) in [5.41, 5.74) is 5.93. The minimum absolute atomic E-state index is 0.0606. The molecule has 2 aliphatic carbocycles. The monoisotopic (exact) mass is 550 g/mol. The zero-order valence-electron chi connectivity index (χ0n) is 23.4. The molecule has 0 spiro atoms. The summed E-state index contributed by atoms with van der Waals surface area (Å²) in [7, 11) is 3.59. The molecule has 9 nitrogen and oxygen atoms in total. The van der Waals surface area contributed by atoms with E-state index >= 15 is 0 Å². The van der Waals surface area contributed by atoms with Crippen LogP contribution in [0.15, 0.2) is 54.9 Å². The van der Waals surface area contributed by atoms with Crippen LogP contribution in [-0.2, 0) is 20.1 Å². The van der Waals surface area contributed by atoms with E-state index < -0.39 is 5.60 Å². The van der Waals surface area contributed by atoms with Gasteiger partial charge in [0.1, 0.15) is 17.9 Å². The van der Waals surface area contributed by atoms with Crippen molar-refractivity contribution < 1.29 is 14.6 Å². The van der Waals surface area contributed by atoms with E-state index in [0.29, 0.717) is 36.9 Å². The quantitative estimate of drug-likeness (QED) is 0.314. The van der Waals surface area contributed by atoms with E-state index in [2.05, 4.69) is 33.7 Å². The van der Waals surface area contributed by atoms with Crippen molar-refractivity contribution in [1.82, 2.24) is 25.1 Å². The maximum Gasteiger partial charge on any atom is 0.260 e. The molecule has 3 heterocycles. The van der Waals surface area contributed by atoms with Gasteiger partial charge in [-0.1, -0.05) is 24.3 Å². The Kier molecular flexibility index (Phi) is 6.36. The van der Waals surface area contributed by atoms with Crippen molar-refractivity contribution in [2.24, 2.45) is 7.05 Å². The summed E-state index contributed by atoms with van der Waals surface area (Å²) in [4.78, 5) is 20.6. The first-order chi connectivity index (χ1) is 19.9. The number of rotatable bonds is 9. The third-order valence-electron chi connectivity index (χ3n) is 8.66. The molecule has 0 unspecified atom stereocenters. The Morgan fingerprint density at radius 1 is 1.10 bits per heavy atom. The molecule has 0 bridgehead atoms. The van der Waals surface area contributed by atoms with Gasteiger partial charge in [-0.15, -0.1) is 10.2 Å². The van der Waals surface area contributed by atoms with Gasteiger partial charge in [-0.25, -0.2) is 4.98 Å². The van der Waals surface area contributed by atoms with Crippen LogP contribution in [0.1, 0.15) is 65.2 Å². The second-order valence-corrected chi connectivity index (χ2v) is 11.6. The highest BCUT2D eigenvalue weighted by molar-refractivity contribution is 6.10. The van der Waals surface area contributed by atoms with Gasteiger partial charge in [0.05, 0.1) is 19.3 Å². The molecule has 2 aromatic carbocycles.